The van der Waals surface area contributed by atoms with Crippen LogP contribution in [-0.4, -0.2) is 44.3 Å². The molecule has 2 saturated heterocycles. The number of halogens is 4. The van der Waals surface area contributed by atoms with Crippen molar-refractivity contribution in [2.24, 2.45) is 5.92 Å². The second-order valence-electron chi connectivity index (χ2n) is 6.41. The molecule has 0 aliphatic carbocycles. The van der Waals surface area contributed by atoms with Crippen LogP contribution in [0, 0.1) is 11.7 Å². The summed E-state index contributed by atoms with van der Waals surface area (Å²) in [5, 5.41) is 3.23. The molecule has 0 saturated carbocycles. The lowest BCUT2D eigenvalue weighted by atomic mass is 9.84. The van der Waals surface area contributed by atoms with Gasteiger partial charge in [0.25, 0.3) is 0 Å². The minimum atomic E-state index is -4.47. The summed E-state index contributed by atoms with van der Waals surface area (Å²) >= 11 is 0. The van der Waals surface area contributed by atoms with E-state index in [-0.39, 0.29) is 17.5 Å². The third kappa shape index (κ3) is 3.90. The smallest absolute Gasteiger partial charge is 0.381 e. The third-order valence-corrected chi connectivity index (χ3v) is 4.90. The molecule has 1 atom stereocenters. The molecule has 2 aliphatic rings. The fraction of sp³-hybridized carbons (Fsp3) is 0.647. The van der Waals surface area contributed by atoms with Gasteiger partial charge in [-0.15, -0.1) is 0 Å². The van der Waals surface area contributed by atoms with Gasteiger partial charge in [0.05, 0.1) is 5.56 Å². The van der Waals surface area contributed by atoms with Crippen LogP contribution < -0.4 is 5.32 Å². The summed E-state index contributed by atoms with van der Waals surface area (Å²) in [6.45, 7) is 4.09. The van der Waals surface area contributed by atoms with Gasteiger partial charge < -0.3 is 10.1 Å². The number of rotatable bonds is 3. The number of alkyl halides is 3. The summed E-state index contributed by atoms with van der Waals surface area (Å²) in [7, 11) is 0. The highest BCUT2D eigenvalue weighted by atomic mass is 19.4. The van der Waals surface area contributed by atoms with Gasteiger partial charge in [0.2, 0.25) is 0 Å². The number of nitrogens with zero attached hydrogens (tertiary/aromatic N) is 1. The number of hydrogen-bond acceptors (Lipinski definition) is 3. The van der Waals surface area contributed by atoms with Crippen LogP contribution in [0.5, 0.6) is 0 Å². The van der Waals surface area contributed by atoms with E-state index in [1.165, 1.54) is 0 Å². The van der Waals surface area contributed by atoms with Crippen LogP contribution in [0.25, 0.3) is 0 Å². The molecule has 1 aromatic carbocycles. The van der Waals surface area contributed by atoms with E-state index in [2.05, 4.69) is 10.2 Å². The average molecular weight is 346 g/mol. The predicted molar refractivity (Wildman–Crippen MR) is 82.1 cm³/mol. The molecule has 2 fully saturated rings. The number of nitrogens with one attached hydrogen (secondary N) is 1. The van der Waals surface area contributed by atoms with E-state index in [9.17, 15) is 17.6 Å². The van der Waals surface area contributed by atoms with Crippen molar-refractivity contribution in [1.82, 2.24) is 10.2 Å². The van der Waals surface area contributed by atoms with Crippen LogP contribution in [0.15, 0.2) is 18.2 Å². The van der Waals surface area contributed by atoms with Crippen molar-refractivity contribution in [3.05, 3.63) is 35.1 Å². The molecule has 1 aromatic rings. The van der Waals surface area contributed by atoms with Crippen LogP contribution in [-0.2, 0) is 10.9 Å². The van der Waals surface area contributed by atoms with E-state index in [4.69, 9.17) is 4.74 Å². The van der Waals surface area contributed by atoms with Gasteiger partial charge in [-0.05, 0) is 37.0 Å². The molecule has 0 aromatic heterocycles. The fourth-order valence-electron chi connectivity index (χ4n) is 3.69. The molecule has 0 radical (unpaired) electrons. The largest absolute Gasteiger partial charge is 0.416 e. The van der Waals surface area contributed by atoms with E-state index >= 15 is 0 Å². The summed E-state index contributed by atoms with van der Waals surface area (Å²) in [4.78, 5) is 2.12. The zero-order chi connectivity index (χ0) is 17.2. The zero-order valence-corrected chi connectivity index (χ0v) is 13.4. The Morgan fingerprint density at radius 1 is 1.12 bits per heavy atom. The standard InChI is InChI=1S/C17H22F4N2O/c18-15-2-1-13(17(19,20)21)11-14(15)16(12-3-9-24-10-4-12)23-7-5-22-6-8-23/h1-2,11-12,16,22H,3-10H2/t16-/m1/s1. The molecular formula is C17H22F4N2O. The maximum absolute atomic E-state index is 14.5. The highest BCUT2D eigenvalue weighted by molar-refractivity contribution is 5.30. The number of piperazine rings is 1. The zero-order valence-electron chi connectivity index (χ0n) is 13.4. The first-order chi connectivity index (χ1) is 11.5. The fourth-order valence-corrected chi connectivity index (χ4v) is 3.69. The van der Waals surface area contributed by atoms with Gasteiger partial charge in [-0.25, -0.2) is 4.39 Å². The number of ether oxygens (including phenoxy) is 1. The number of hydrogen-bond donors (Lipinski definition) is 1. The minimum absolute atomic E-state index is 0.106. The Balaban J connectivity index is 1.97. The summed E-state index contributed by atoms with van der Waals surface area (Å²) < 4.78 is 59.1. The minimum Gasteiger partial charge on any atom is -0.381 e. The van der Waals surface area contributed by atoms with Gasteiger partial charge in [-0.1, -0.05) is 0 Å². The van der Waals surface area contributed by atoms with Gasteiger partial charge in [-0.2, -0.15) is 13.2 Å². The van der Waals surface area contributed by atoms with E-state index < -0.39 is 17.6 Å². The topological polar surface area (TPSA) is 24.5 Å². The van der Waals surface area contributed by atoms with Gasteiger partial charge in [-0.3, -0.25) is 4.90 Å². The molecule has 0 unspecified atom stereocenters. The Kier molecular flexibility index (Phi) is 5.42. The Bertz CT molecular complexity index is 534. The van der Waals surface area contributed by atoms with Crippen molar-refractivity contribution in [3.8, 4) is 0 Å². The first-order valence-electron chi connectivity index (χ1n) is 8.36. The number of benzene rings is 1. The lowest BCUT2D eigenvalue weighted by Crippen LogP contribution is -2.47. The van der Waals surface area contributed by atoms with Crippen LogP contribution in [0.4, 0.5) is 17.6 Å². The summed E-state index contributed by atoms with van der Waals surface area (Å²) in [5.74, 6) is -0.451. The third-order valence-electron chi connectivity index (χ3n) is 4.90. The van der Waals surface area contributed by atoms with Crippen molar-refractivity contribution in [2.45, 2.75) is 25.1 Å². The Morgan fingerprint density at radius 3 is 2.42 bits per heavy atom. The van der Waals surface area contributed by atoms with Crippen molar-refractivity contribution < 1.29 is 22.3 Å². The van der Waals surface area contributed by atoms with E-state index in [0.717, 1.165) is 44.1 Å². The molecule has 3 rings (SSSR count). The van der Waals surface area contributed by atoms with Gasteiger partial charge in [0.1, 0.15) is 5.82 Å². The van der Waals surface area contributed by atoms with Gasteiger partial charge in [0, 0.05) is 51.0 Å². The first kappa shape index (κ1) is 17.6. The van der Waals surface area contributed by atoms with Gasteiger partial charge in [0.15, 0.2) is 0 Å². The lowest BCUT2D eigenvalue weighted by Gasteiger charge is -2.41. The van der Waals surface area contributed by atoms with Crippen LogP contribution in [0.1, 0.15) is 30.0 Å². The molecule has 2 heterocycles. The molecule has 24 heavy (non-hydrogen) atoms. The van der Waals surface area contributed by atoms with E-state index in [0.29, 0.717) is 26.3 Å². The van der Waals surface area contributed by atoms with Crippen LogP contribution >= 0.6 is 0 Å². The van der Waals surface area contributed by atoms with E-state index in [1.807, 2.05) is 0 Å². The second kappa shape index (κ2) is 7.37. The molecule has 0 bridgehead atoms. The van der Waals surface area contributed by atoms with Crippen molar-refractivity contribution in [1.29, 1.82) is 0 Å². The summed E-state index contributed by atoms with van der Waals surface area (Å²) in [5.41, 5.74) is -0.621. The van der Waals surface area contributed by atoms with Gasteiger partial charge >= 0.3 is 6.18 Å². The monoisotopic (exact) mass is 346 g/mol. The summed E-state index contributed by atoms with van der Waals surface area (Å²) in [6.07, 6.45) is -2.99. The van der Waals surface area contributed by atoms with Crippen molar-refractivity contribution in [3.63, 3.8) is 0 Å². The molecular weight excluding hydrogens is 324 g/mol. The van der Waals surface area contributed by atoms with Crippen molar-refractivity contribution >= 4 is 0 Å². The maximum atomic E-state index is 14.5. The predicted octanol–water partition coefficient (Wildman–Crippen LogP) is 3.22. The average Bonchev–Trinajstić information content (AvgIpc) is 2.58. The Hall–Kier alpha value is -1.18. The second-order valence-corrected chi connectivity index (χ2v) is 6.41. The van der Waals surface area contributed by atoms with Crippen LogP contribution in [0.3, 0.4) is 0 Å². The molecule has 0 spiro atoms. The first-order valence-corrected chi connectivity index (χ1v) is 8.36. The Morgan fingerprint density at radius 2 is 1.79 bits per heavy atom. The summed E-state index contributed by atoms with van der Waals surface area (Å²) in [6, 6.07) is 2.43. The normalized spacial score (nSPS) is 22.5. The quantitative estimate of drug-likeness (QED) is 0.851. The Labute approximate surface area is 139 Å². The van der Waals surface area contributed by atoms with Crippen molar-refractivity contribution in [2.75, 3.05) is 39.4 Å². The molecule has 3 nitrogen and oxygen atoms in total. The highest BCUT2D eigenvalue weighted by Crippen LogP contribution is 2.39. The maximum Gasteiger partial charge on any atom is 0.416 e. The highest BCUT2D eigenvalue weighted by Gasteiger charge is 2.36. The molecule has 7 heteroatoms. The molecule has 134 valence electrons. The van der Waals surface area contributed by atoms with Crippen LogP contribution in [0.2, 0.25) is 0 Å². The SMILES string of the molecule is Fc1ccc(C(F)(F)F)cc1[C@@H](C1CCOCC1)N1CCNCC1. The lowest BCUT2D eigenvalue weighted by molar-refractivity contribution is -0.137. The molecule has 2 aliphatic heterocycles. The molecule has 0 amide bonds. The molecule has 1 N–H and O–H groups in total. The van der Waals surface area contributed by atoms with E-state index in [1.54, 1.807) is 0 Å².